The first kappa shape index (κ1) is 13.6. The second kappa shape index (κ2) is 5.03. The molecule has 0 spiro atoms. The van der Waals surface area contributed by atoms with Gasteiger partial charge in [0.2, 0.25) is 0 Å². The monoisotopic (exact) mass is 261 g/mol. The van der Waals surface area contributed by atoms with E-state index in [1.54, 1.807) is 0 Å². The Morgan fingerprint density at radius 2 is 1.79 bits per heavy atom. The van der Waals surface area contributed by atoms with Crippen LogP contribution < -0.4 is 0 Å². The highest BCUT2D eigenvalue weighted by Crippen LogP contribution is 2.24. The first-order valence-electron chi connectivity index (χ1n) is 6.53. The van der Waals surface area contributed by atoms with Crippen molar-refractivity contribution in [1.82, 2.24) is 4.90 Å². The van der Waals surface area contributed by atoms with Crippen LogP contribution in [0.2, 0.25) is 0 Å². The van der Waals surface area contributed by atoms with Gasteiger partial charge in [0.25, 0.3) is 5.91 Å². The van der Waals surface area contributed by atoms with Crippen molar-refractivity contribution >= 4 is 11.9 Å². The number of likely N-dealkylation sites (tertiary alicyclic amines) is 1. The summed E-state index contributed by atoms with van der Waals surface area (Å²) in [6, 6.07) is 3.26. The van der Waals surface area contributed by atoms with E-state index in [0.29, 0.717) is 18.5 Å². The minimum absolute atomic E-state index is 0.153. The molecule has 102 valence electrons. The molecule has 0 bridgehead atoms. The van der Waals surface area contributed by atoms with E-state index in [-0.39, 0.29) is 5.91 Å². The number of hydrogen-bond acceptors (Lipinski definition) is 2. The van der Waals surface area contributed by atoms with Crippen LogP contribution in [0.3, 0.4) is 0 Å². The molecule has 4 nitrogen and oxygen atoms in total. The molecular formula is C15H19NO3. The molecule has 1 fully saturated rings. The molecular weight excluding hydrogens is 242 g/mol. The number of rotatable bonds is 2. The van der Waals surface area contributed by atoms with Gasteiger partial charge in [0.1, 0.15) is 6.04 Å². The van der Waals surface area contributed by atoms with E-state index in [1.807, 2.05) is 32.9 Å². The van der Waals surface area contributed by atoms with E-state index in [9.17, 15) is 9.59 Å². The molecule has 0 radical (unpaired) electrons. The molecule has 0 aromatic heterocycles. The zero-order chi connectivity index (χ0) is 14.2. The summed E-state index contributed by atoms with van der Waals surface area (Å²) in [7, 11) is 0. The summed E-state index contributed by atoms with van der Waals surface area (Å²) in [6.07, 6.45) is 1.30. The highest BCUT2D eigenvalue weighted by Gasteiger charge is 2.35. The van der Waals surface area contributed by atoms with Crippen LogP contribution >= 0.6 is 0 Å². The Bertz CT molecular complexity index is 513. The van der Waals surface area contributed by atoms with Crippen molar-refractivity contribution in [3.63, 3.8) is 0 Å². The summed E-state index contributed by atoms with van der Waals surface area (Å²) in [5.41, 5.74) is 3.60. The second-order valence-electron chi connectivity index (χ2n) is 5.27. The van der Waals surface area contributed by atoms with E-state index in [1.165, 1.54) is 4.90 Å². The average Bonchev–Trinajstić information content (AvgIpc) is 2.75. The molecule has 1 aromatic rings. The third-order valence-corrected chi connectivity index (χ3v) is 3.69. The molecule has 19 heavy (non-hydrogen) atoms. The number of aliphatic carboxylic acids is 1. The lowest BCUT2D eigenvalue weighted by molar-refractivity contribution is -0.141. The zero-order valence-electron chi connectivity index (χ0n) is 11.6. The molecule has 0 saturated carbocycles. The van der Waals surface area contributed by atoms with Gasteiger partial charge in [-0.1, -0.05) is 17.7 Å². The second-order valence-corrected chi connectivity index (χ2v) is 5.27. The van der Waals surface area contributed by atoms with Gasteiger partial charge in [-0.15, -0.1) is 0 Å². The first-order valence-corrected chi connectivity index (χ1v) is 6.53. The van der Waals surface area contributed by atoms with Gasteiger partial charge >= 0.3 is 5.97 Å². The quantitative estimate of drug-likeness (QED) is 0.888. The summed E-state index contributed by atoms with van der Waals surface area (Å²) >= 11 is 0. The minimum atomic E-state index is -0.909. The SMILES string of the molecule is Cc1cc(C)c(C(=O)N2CCC[C@H]2C(=O)O)c(C)c1. The normalized spacial score (nSPS) is 18.7. The maximum Gasteiger partial charge on any atom is 0.326 e. The van der Waals surface area contributed by atoms with Gasteiger partial charge in [-0.3, -0.25) is 4.79 Å². The molecule has 1 aromatic carbocycles. The average molecular weight is 261 g/mol. The Balaban J connectivity index is 2.37. The van der Waals surface area contributed by atoms with Crippen molar-refractivity contribution in [1.29, 1.82) is 0 Å². The molecule has 1 N–H and O–H groups in total. The minimum Gasteiger partial charge on any atom is -0.480 e. The number of amides is 1. The number of hydrogen-bond donors (Lipinski definition) is 1. The van der Waals surface area contributed by atoms with Crippen molar-refractivity contribution < 1.29 is 14.7 Å². The smallest absolute Gasteiger partial charge is 0.326 e. The van der Waals surface area contributed by atoms with Gasteiger partial charge in [0.05, 0.1) is 0 Å². The zero-order valence-corrected chi connectivity index (χ0v) is 11.6. The molecule has 1 amide bonds. The number of benzene rings is 1. The van der Waals surface area contributed by atoms with Gasteiger partial charge in [-0.2, -0.15) is 0 Å². The van der Waals surface area contributed by atoms with E-state index in [4.69, 9.17) is 5.11 Å². The first-order chi connectivity index (χ1) is 8.91. The predicted octanol–water partition coefficient (Wildman–Crippen LogP) is 2.30. The standard InChI is InChI=1S/C15H19NO3/c1-9-7-10(2)13(11(3)8-9)14(17)16-6-4-5-12(16)15(18)19/h7-8,12H,4-6H2,1-3H3,(H,18,19)/t12-/m0/s1. The third-order valence-electron chi connectivity index (χ3n) is 3.69. The highest BCUT2D eigenvalue weighted by molar-refractivity contribution is 5.99. The third kappa shape index (κ3) is 2.48. The van der Waals surface area contributed by atoms with Crippen LogP contribution in [-0.2, 0) is 4.79 Å². The summed E-state index contributed by atoms with van der Waals surface area (Å²) in [6.45, 7) is 6.32. The van der Waals surface area contributed by atoms with E-state index >= 15 is 0 Å². The molecule has 0 unspecified atom stereocenters. The topological polar surface area (TPSA) is 57.6 Å². The van der Waals surface area contributed by atoms with E-state index < -0.39 is 12.0 Å². The Kier molecular flexibility index (Phi) is 3.60. The summed E-state index contributed by atoms with van der Waals surface area (Å²) in [4.78, 5) is 25.2. The van der Waals surface area contributed by atoms with Crippen LogP contribution in [0.4, 0.5) is 0 Å². The summed E-state index contributed by atoms with van der Waals surface area (Å²) in [5.74, 6) is -1.06. The lowest BCUT2D eigenvalue weighted by atomic mass is 9.98. The lowest BCUT2D eigenvalue weighted by Gasteiger charge is -2.23. The van der Waals surface area contributed by atoms with Crippen LogP contribution in [-0.4, -0.2) is 34.5 Å². The Morgan fingerprint density at radius 1 is 1.21 bits per heavy atom. The molecule has 0 aliphatic carbocycles. The van der Waals surface area contributed by atoms with Gasteiger partial charge in [0, 0.05) is 12.1 Å². The van der Waals surface area contributed by atoms with E-state index in [0.717, 1.165) is 23.1 Å². The van der Waals surface area contributed by atoms with Crippen molar-refractivity contribution in [3.8, 4) is 0 Å². The van der Waals surface area contributed by atoms with Crippen LogP contribution in [0, 0.1) is 20.8 Å². The van der Waals surface area contributed by atoms with E-state index in [2.05, 4.69) is 0 Å². The molecule has 1 atom stereocenters. The van der Waals surface area contributed by atoms with Gasteiger partial charge in [-0.05, 0) is 44.7 Å². The Hall–Kier alpha value is -1.84. The van der Waals surface area contributed by atoms with Crippen LogP contribution in [0.5, 0.6) is 0 Å². The number of carboxylic acids is 1. The number of aryl methyl sites for hydroxylation is 3. The summed E-state index contributed by atoms with van der Waals surface area (Å²) in [5, 5.41) is 9.17. The van der Waals surface area contributed by atoms with Crippen molar-refractivity contribution in [2.45, 2.75) is 39.7 Å². The van der Waals surface area contributed by atoms with Crippen LogP contribution in [0.15, 0.2) is 12.1 Å². The molecule has 1 aliphatic heterocycles. The van der Waals surface area contributed by atoms with Gasteiger partial charge < -0.3 is 10.0 Å². The van der Waals surface area contributed by atoms with Gasteiger partial charge in [0.15, 0.2) is 0 Å². The van der Waals surface area contributed by atoms with Crippen molar-refractivity contribution in [3.05, 3.63) is 34.4 Å². The molecule has 1 saturated heterocycles. The van der Waals surface area contributed by atoms with Crippen molar-refractivity contribution in [2.24, 2.45) is 0 Å². The fourth-order valence-electron chi connectivity index (χ4n) is 2.93. The summed E-state index contributed by atoms with van der Waals surface area (Å²) < 4.78 is 0. The molecule has 2 rings (SSSR count). The Morgan fingerprint density at radius 3 is 2.32 bits per heavy atom. The fraction of sp³-hybridized carbons (Fsp3) is 0.467. The number of carbonyl (C=O) groups is 2. The number of carboxylic acid groups (broad SMARTS) is 1. The van der Waals surface area contributed by atoms with Gasteiger partial charge in [-0.25, -0.2) is 4.79 Å². The number of nitrogens with zero attached hydrogens (tertiary/aromatic N) is 1. The molecule has 4 heteroatoms. The lowest BCUT2D eigenvalue weighted by Crippen LogP contribution is -2.41. The number of carbonyl (C=O) groups excluding carboxylic acids is 1. The largest absolute Gasteiger partial charge is 0.480 e. The maximum absolute atomic E-state index is 12.6. The fourth-order valence-corrected chi connectivity index (χ4v) is 2.93. The molecule has 1 heterocycles. The maximum atomic E-state index is 12.6. The predicted molar refractivity (Wildman–Crippen MR) is 72.3 cm³/mol. The molecule has 1 aliphatic rings. The van der Waals surface area contributed by atoms with Crippen LogP contribution in [0.1, 0.15) is 39.9 Å². The highest BCUT2D eigenvalue weighted by atomic mass is 16.4. The Labute approximate surface area is 113 Å². The van der Waals surface area contributed by atoms with Crippen LogP contribution in [0.25, 0.3) is 0 Å². The van der Waals surface area contributed by atoms with Crippen molar-refractivity contribution in [2.75, 3.05) is 6.54 Å².